The average molecular weight is 498 g/mol. The third-order valence-electron chi connectivity index (χ3n) is 5.53. The lowest BCUT2D eigenvalue weighted by molar-refractivity contribution is -0.137. The summed E-state index contributed by atoms with van der Waals surface area (Å²) in [6, 6.07) is 17.2. The number of rotatable bonds is 4. The fraction of sp³-hybridized carbons (Fsp3) is 0.0800. The Hall–Kier alpha value is -4.11. The molecule has 3 aromatic heterocycles. The van der Waals surface area contributed by atoms with E-state index in [1.165, 1.54) is 6.07 Å². The molecule has 0 unspecified atom stereocenters. The van der Waals surface area contributed by atoms with Crippen LogP contribution in [0.5, 0.6) is 11.5 Å². The molecule has 0 radical (unpaired) electrons. The summed E-state index contributed by atoms with van der Waals surface area (Å²) in [7, 11) is 0. The van der Waals surface area contributed by atoms with E-state index in [4.69, 9.17) is 25.5 Å². The van der Waals surface area contributed by atoms with Crippen molar-refractivity contribution in [3.63, 3.8) is 0 Å². The van der Waals surface area contributed by atoms with Crippen LogP contribution in [-0.4, -0.2) is 16.2 Å². The number of alkyl halides is 3. The molecular formula is C25H15ClF3N3O3. The molecule has 0 saturated carbocycles. The number of hydrogen-bond acceptors (Lipinski definition) is 5. The van der Waals surface area contributed by atoms with Gasteiger partial charge in [0.05, 0.1) is 10.6 Å². The van der Waals surface area contributed by atoms with E-state index in [9.17, 15) is 13.2 Å². The first-order valence-electron chi connectivity index (χ1n) is 10.5. The predicted octanol–water partition coefficient (Wildman–Crippen LogP) is 7.41. The fourth-order valence-corrected chi connectivity index (χ4v) is 4.05. The molecule has 6 rings (SSSR count). The minimum Gasteiger partial charge on any atom is -0.454 e. The lowest BCUT2D eigenvalue weighted by Gasteiger charge is -2.09. The van der Waals surface area contributed by atoms with Crippen LogP contribution in [0.3, 0.4) is 0 Å². The van der Waals surface area contributed by atoms with Gasteiger partial charge in [0.15, 0.2) is 17.3 Å². The summed E-state index contributed by atoms with van der Waals surface area (Å²) in [4.78, 5) is 4.67. The fourth-order valence-electron chi connectivity index (χ4n) is 3.89. The van der Waals surface area contributed by atoms with Gasteiger partial charge in [0.1, 0.15) is 22.9 Å². The van der Waals surface area contributed by atoms with Crippen molar-refractivity contribution in [2.24, 2.45) is 0 Å². The summed E-state index contributed by atoms with van der Waals surface area (Å²) in [6.45, 7) is 0.153. The van der Waals surface area contributed by atoms with Crippen molar-refractivity contribution in [1.29, 1.82) is 0 Å². The van der Waals surface area contributed by atoms with Crippen LogP contribution in [0, 0.1) is 0 Å². The van der Waals surface area contributed by atoms with Gasteiger partial charge in [0.25, 0.3) is 0 Å². The molecule has 0 atom stereocenters. The molecule has 1 aliphatic heterocycles. The molecule has 10 heteroatoms. The number of benzene rings is 2. The zero-order chi connectivity index (χ0) is 24.2. The third kappa shape index (κ3) is 3.93. The van der Waals surface area contributed by atoms with Crippen molar-refractivity contribution in [2.45, 2.75) is 6.18 Å². The standard InChI is InChI=1S/C25H15ClF3N3O3/c26-16-4-9-22-31-23(20-8-7-18(35-20)14-2-1-3-15(10-14)25(27,28)29)24(32(22)12-16)30-17-5-6-19-21(11-17)34-13-33-19/h1-12,30H,13H2. The molecule has 0 bridgehead atoms. The van der Waals surface area contributed by atoms with E-state index in [2.05, 4.69) is 10.3 Å². The molecule has 4 heterocycles. The molecular weight excluding hydrogens is 483 g/mol. The molecule has 6 nitrogen and oxygen atoms in total. The Morgan fingerprint density at radius 3 is 2.60 bits per heavy atom. The summed E-state index contributed by atoms with van der Waals surface area (Å²) in [5.74, 6) is 2.48. The molecule has 0 amide bonds. The van der Waals surface area contributed by atoms with Crippen LogP contribution in [0.4, 0.5) is 24.7 Å². The number of anilines is 2. The summed E-state index contributed by atoms with van der Waals surface area (Å²) >= 11 is 6.23. The molecule has 5 aromatic rings. The number of aromatic nitrogens is 2. The molecule has 0 saturated heterocycles. The smallest absolute Gasteiger partial charge is 0.416 e. The number of pyridine rings is 1. The van der Waals surface area contributed by atoms with Crippen LogP contribution in [0.25, 0.3) is 28.4 Å². The second-order valence-electron chi connectivity index (χ2n) is 7.82. The quantitative estimate of drug-likeness (QED) is 0.280. The van der Waals surface area contributed by atoms with Crippen LogP contribution in [0.2, 0.25) is 5.02 Å². The van der Waals surface area contributed by atoms with Gasteiger partial charge in [0.2, 0.25) is 6.79 Å². The third-order valence-corrected chi connectivity index (χ3v) is 5.76. The van der Waals surface area contributed by atoms with Crippen molar-refractivity contribution in [3.05, 3.63) is 83.5 Å². The average Bonchev–Trinajstić information content (AvgIpc) is 3.57. The Labute approximate surface area is 201 Å². The Kier molecular flexibility index (Phi) is 4.89. The van der Waals surface area contributed by atoms with E-state index in [0.29, 0.717) is 50.7 Å². The van der Waals surface area contributed by atoms with Crippen molar-refractivity contribution in [1.82, 2.24) is 9.38 Å². The Balaban J connectivity index is 1.43. The van der Waals surface area contributed by atoms with E-state index in [0.717, 1.165) is 12.1 Å². The van der Waals surface area contributed by atoms with Crippen LogP contribution in [-0.2, 0) is 6.18 Å². The zero-order valence-corrected chi connectivity index (χ0v) is 18.5. The molecule has 1 aliphatic rings. The van der Waals surface area contributed by atoms with Crippen LogP contribution < -0.4 is 14.8 Å². The molecule has 0 fully saturated rings. The van der Waals surface area contributed by atoms with Gasteiger partial charge in [-0.15, -0.1) is 0 Å². The summed E-state index contributed by atoms with van der Waals surface area (Å²) in [6.07, 6.45) is -2.74. The first kappa shape index (κ1) is 21.4. The van der Waals surface area contributed by atoms with Gasteiger partial charge in [-0.1, -0.05) is 23.7 Å². The molecule has 35 heavy (non-hydrogen) atoms. The van der Waals surface area contributed by atoms with Gasteiger partial charge >= 0.3 is 6.18 Å². The van der Waals surface area contributed by atoms with E-state index in [-0.39, 0.29) is 12.6 Å². The van der Waals surface area contributed by atoms with Crippen molar-refractivity contribution >= 4 is 28.8 Å². The van der Waals surface area contributed by atoms with Crippen molar-refractivity contribution < 1.29 is 27.1 Å². The summed E-state index contributed by atoms with van der Waals surface area (Å²) in [5.41, 5.74) is 1.33. The second-order valence-corrected chi connectivity index (χ2v) is 8.26. The predicted molar refractivity (Wildman–Crippen MR) is 124 cm³/mol. The topological polar surface area (TPSA) is 60.9 Å². The highest BCUT2D eigenvalue weighted by atomic mass is 35.5. The number of furan rings is 1. The highest BCUT2D eigenvalue weighted by molar-refractivity contribution is 6.30. The van der Waals surface area contributed by atoms with Gasteiger partial charge in [-0.3, -0.25) is 4.40 Å². The second kappa shape index (κ2) is 7.99. The molecule has 1 N–H and O–H groups in total. The van der Waals surface area contributed by atoms with Crippen molar-refractivity contribution in [2.75, 3.05) is 12.1 Å². The number of nitrogens with one attached hydrogen (secondary N) is 1. The maximum absolute atomic E-state index is 13.2. The summed E-state index contributed by atoms with van der Waals surface area (Å²) in [5, 5.41) is 3.83. The van der Waals surface area contributed by atoms with E-state index in [1.54, 1.807) is 53.1 Å². The Morgan fingerprint density at radius 2 is 1.74 bits per heavy atom. The minimum atomic E-state index is -4.45. The van der Waals surface area contributed by atoms with Crippen molar-refractivity contribution in [3.8, 4) is 34.3 Å². The largest absolute Gasteiger partial charge is 0.454 e. The van der Waals surface area contributed by atoms with Crippen LogP contribution in [0.15, 0.2) is 77.3 Å². The van der Waals surface area contributed by atoms with Crippen LogP contribution in [0.1, 0.15) is 5.56 Å². The van der Waals surface area contributed by atoms with Gasteiger partial charge in [-0.25, -0.2) is 4.98 Å². The minimum absolute atomic E-state index is 0.153. The normalized spacial score (nSPS) is 12.9. The van der Waals surface area contributed by atoms with Crippen LogP contribution >= 0.6 is 11.6 Å². The van der Waals surface area contributed by atoms with Gasteiger partial charge in [-0.2, -0.15) is 13.2 Å². The first-order valence-corrected chi connectivity index (χ1v) is 10.8. The summed E-state index contributed by atoms with van der Waals surface area (Å²) < 4.78 is 58.1. The van der Waals surface area contributed by atoms with E-state index < -0.39 is 11.7 Å². The van der Waals surface area contributed by atoms with Gasteiger partial charge in [-0.05, 0) is 48.5 Å². The maximum atomic E-state index is 13.2. The highest BCUT2D eigenvalue weighted by Crippen LogP contribution is 2.39. The highest BCUT2D eigenvalue weighted by Gasteiger charge is 2.30. The lowest BCUT2D eigenvalue weighted by atomic mass is 10.1. The monoisotopic (exact) mass is 497 g/mol. The van der Waals surface area contributed by atoms with Gasteiger partial charge < -0.3 is 19.2 Å². The number of fused-ring (bicyclic) bond motifs is 2. The molecule has 0 aliphatic carbocycles. The lowest BCUT2D eigenvalue weighted by Crippen LogP contribution is -2.04. The molecule has 2 aromatic carbocycles. The molecule has 0 spiro atoms. The van der Waals surface area contributed by atoms with Gasteiger partial charge in [0, 0.05) is 23.5 Å². The zero-order valence-electron chi connectivity index (χ0n) is 17.8. The number of hydrogen-bond donors (Lipinski definition) is 1. The van der Waals surface area contributed by atoms with E-state index in [1.807, 2.05) is 6.07 Å². The van der Waals surface area contributed by atoms with E-state index >= 15 is 0 Å². The number of imidazole rings is 1. The maximum Gasteiger partial charge on any atom is 0.416 e. The number of ether oxygens (including phenoxy) is 2. The Morgan fingerprint density at radius 1 is 0.914 bits per heavy atom. The SMILES string of the molecule is FC(F)(F)c1cccc(-c2ccc(-c3nc4ccc(Cl)cn4c3Nc3ccc4c(c3)OCO4)o2)c1. The Bertz CT molecular complexity index is 1580. The number of nitrogens with zero attached hydrogens (tertiary/aromatic N) is 2. The number of halogens is 4. The first-order chi connectivity index (χ1) is 16.8. The molecule has 176 valence electrons.